The lowest BCUT2D eigenvalue weighted by Crippen LogP contribution is -2.40. The van der Waals surface area contributed by atoms with Crippen LogP contribution in [0.4, 0.5) is 0 Å². The molecule has 15 heteroatoms. The number of aliphatic hydroxyl groups excluding tert-OH is 3. The summed E-state index contributed by atoms with van der Waals surface area (Å²) in [7, 11) is -7.91. The Hall–Kier alpha value is -2.66. The molecule has 0 bridgehead atoms. The molecule has 51 heavy (non-hydrogen) atoms. The minimum Gasteiger partial charge on any atom is -0.465 e. The third-order valence-corrected chi connectivity index (χ3v) is 15.4. The van der Waals surface area contributed by atoms with Crippen molar-refractivity contribution in [1.29, 1.82) is 0 Å². The molecule has 0 saturated heterocycles. The second kappa shape index (κ2) is 18.4. The number of aliphatic hydroxyl groups is 3. The van der Waals surface area contributed by atoms with Gasteiger partial charge in [-0.25, -0.2) is 22.0 Å². The third kappa shape index (κ3) is 10.9. The first kappa shape index (κ1) is 41.1. The lowest BCUT2D eigenvalue weighted by atomic mass is 9.85. The highest BCUT2D eigenvalue weighted by Gasteiger charge is 2.43. The average Bonchev–Trinajstić information content (AvgIpc) is 3.66. The number of nitrogens with zero attached hydrogens (tertiary/aromatic N) is 1. The molecular formula is C36H52N2O10S3. The van der Waals surface area contributed by atoms with Gasteiger partial charge in [0.25, 0.3) is 0 Å². The Kier molecular flexibility index (Phi) is 14.8. The van der Waals surface area contributed by atoms with E-state index in [9.17, 15) is 41.7 Å². The van der Waals surface area contributed by atoms with Gasteiger partial charge in [0.1, 0.15) is 15.0 Å². The van der Waals surface area contributed by atoms with Gasteiger partial charge in [-0.2, -0.15) is 0 Å². The van der Waals surface area contributed by atoms with E-state index in [-0.39, 0.29) is 64.1 Å². The fourth-order valence-electron chi connectivity index (χ4n) is 7.19. The van der Waals surface area contributed by atoms with Gasteiger partial charge in [-0.15, -0.1) is 11.3 Å². The summed E-state index contributed by atoms with van der Waals surface area (Å²) in [6.07, 6.45) is 7.04. The van der Waals surface area contributed by atoms with Crippen molar-refractivity contribution < 1.29 is 46.5 Å². The molecule has 1 aromatic heterocycles. The van der Waals surface area contributed by atoms with Crippen LogP contribution in [0.3, 0.4) is 0 Å². The molecule has 0 unspecified atom stereocenters. The summed E-state index contributed by atoms with van der Waals surface area (Å²) in [5.74, 6) is -1.00. The van der Waals surface area contributed by atoms with Gasteiger partial charge in [0.2, 0.25) is 15.9 Å². The van der Waals surface area contributed by atoms with Crippen molar-refractivity contribution in [2.75, 3.05) is 13.2 Å². The van der Waals surface area contributed by atoms with Crippen molar-refractivity contribution in [3.8, 4) is 0 Å². The van der Waals surface area contributed by atoms with Crippen LogP contribution in [0.2, 0.25) is 0 Å². The maximum Gasteiger partial charge on any atom is 0.305 e. The number of carbonyl (C=O) groups excluding carboxylic acids is 2. The van der Waals surface area contributed by atoms with Crippen LogP contribution in [0.5, 0.6) is 0 Å². The van der Waals surface area contributed by atoms with Crippen LogP contribution in [0.15, 0.2) is 57.0 Å². The number of hydrogen-bond donors (Lipinski definition) is 4. The first-order chi connectivity index (χ1) is 24.1. The number of ether oxygens (including phenoxy) is 1. The lowest BCUT2D eigenvalue weighted by Gasteiger charge is -2.36. The predicted molar refractivity (Wildman–Crippen MR) is 194 cm³/mol. The van der Waals surface area contributed by atoms with E-state index in [1.165, 1.54) is 23.5 Å². The molecular weight excluding hydrogens is 717 g/mol. The van der Waals surface area contributed by atoms with Gasteiger partial charge in [0.15, 0.2) is 9.84 Å². The normalized spacial score (nSPS) is 25.1. The van der Waals surface area contributed by atoms with Crippen LogP contribution < -0.4 is 5.14 Å². The van der Waals surface area contributed by atoms with Crippen LogP contribution in [0, 0.1) is 11.8 Å². The van der Waals surface area contributed by atoms with Gasteiger partial charge >= 0.3 is 5.97 Å². The van der Waals surface area contributed by atoms with Crippen molar-refractivity contribution in [3.05, 3.63) is 59.7 Å². The molecule has 1 aliphatic heterocycles. The van der Waals surface area contributed by atoms with Gasteiger partial charge in [-0.05, 0) is 95.1 Å². The minimum atomic E-state index is -4.14. The molecule has 4 rings (SSSR count). The summed E-state index contributed by atoms with van der Waals surface area (Å²) in [5, 5.41) is 36.1. The molecule has 12 nitrogen and oxygen atoms in total. The summed E-state index contributed by atoms with van der Waals surface area (Å²) in [4.78, 5) is 27.1. The lowest BCUT2D eigenvalue weighted by molar-refractivity contribution is -0.145. The second-order valence-electron chi connectivity index (χ2n) is 13.7. The number of rotatable bonds is 18. The number of sulfone groups is 1. The molecule has 2 heterocycles. The van der Waals surface area contributed by atoms with Crippen molar-refractivity contribution in [2.24, 2.45) is 17.0 Å². The summed E-state index contributed by atoms with van der Waals surface area (Å²) in [6.45, 7) is 3.36. The first-order valence-electron chi connectivity index (χ1n) is 17.7. The van der Waals surface area contributed by atoms with Crippen molar-refractivity contribution in [1.82, 2.24) is 4.90 Å². The van der Waals surface area contributed by atoms with Gasteiger partial charge in [-0.3, -0.25) is 9.59 Å². The monoisotopic (exact) mass is 768 g/mol. The van der Waals surface area contributed by atoms with Crippen LogP contribution in [0.25, 0.3) is 0 Å². The Morgan fingerprint density at radius 3 is 2.47 bits per heavy atom. The molecule has 1 fully saturated rings. The first-order valence-corrected chi connectivity index (χ1v) is 21.6. The van der Waals surface area contributed by atoms with E-state index in [0.29, 0.717) is 56.3 Å². The number of esters is 1. The standard InChI is InChI=1S/C36H52N2O10S3/c1-3-38(30-21-24(2)50(44,45)36-29(30)22-35(49-36)51(37,46)47)33(42)19-20-48-34(43)14-10-5-4-9-13-27-28(32(41)23-31(27)40)18-17-26(39)16-15-25-11-7-6-8-12-25/h4,6-9,11-12,22,24,26-28,30-32,39-41H,3,5,10,13-21,23H2,1-2H3,(H2,37,46,47)/b9-4-/t24-,26+,27+,28+,30-,31-,32+/m0/s1. The SMILES string of the molecule is CCN(C(=O)CCOC(=O)CCC/C=C\C[C@@H]1[C@@H](CC[C@H](O)CCc2ccccc2)[C@H](O)C[C@@H]1O)[C@H]1C[C@H](C)S(=O)(=O)c2sc(S(N)(=O)=O)cc21. The molecule has 284 valence electrons. The number of aryl methyl sites for hydroxylation is 1. The summed E-state index contributed by atoms with van der Waals surface area (Å²) >= 11 is 0.598. The molecule has 1 aliphatic carbocycles. The predicted octanol–water partition coefficient (Wildman–Crippen LogP) is 4.03. The Labute approximate surface area is 305 Å². The van der Waals surface area contributed by atoms with E-state index >= 15 is 0 Å². The highest BCUT2D eigenvalue weighted by molar-refractivity contribution is 7.95. The Bertz CT molecular complexity index is 1710. The van der Waals surface area contributed by atoms with Crippen LogP contribution in [-0.4, -0.2) is 85.6 Å². The van der Waals surface area contributed by atoms with Gasteiger partial charge < -0.3 is 25.0 Å². The van der Waals surface area contributed by atoms with Gasteiger partial charge in [0, 0.05) is 18.5 Å². The van der Waals surface area contributed by atoms with Crippen molar-refractivity contribution >= 4 is 43.1 Å². The molecule has 5 N–H and O–H groups in total. The fraction of sp³-hybridized carbons (Fsp3) is 0.611. The van der Waals surface area contributed by atoms with E-state index in [4.69, 9.17) is 9.88 Å². The maximum absolute atomic E-state index is 13.2. The van der Waals surface area contributed by atoms with E-state index in [0.717, 1.165) is 6.42 Å². The van der Waals surface area contributed by atoms with E-state index in [1.807, 2.05) is 42.5 Å². The zero-order chi connectivity index (χ0) is 37.3. The quantitative estimate of drug-likeness (QED) is 0.0975. The van der Waals surface area contributed by atoms with Crippen molar-refractivity contribution in [2.45, 2.75) is 122 Å². The molecule has 0 radical (unpaired) electrons. The molecule has 1 aromatic carbocycles. The zero-order valence-electron chi connectivity index (χ0n) is 29.3. The minimum absolute atomic E-state index is 0.0937. The maximum atomic E-state index is 13.2. The number of carbonyl (C=O) groups is 2. The number of thiophene rings is 1. The summed E-state index contributed by atoms with van der Waals surface area (Å²) < 4.78 is 54.8. The summed E-state index contributed by atoms with van der Waals surface area (Å²) in [6, 6.07) is 10.6. The zero-order valence-corrected chi connectivity index (χ0v) is 31.8. The fourth-order valence-corrected chi connectivity index (χ4v) is 11.6. The molecule has 0 spiro atoms. The highest BCUT2D eigenvalue weighted by atomic mass is 32.3. The molecule has 1 amide bonds. The number of nitrogens with two attached hydrogens (primary N) is 1. The Morgan fingerprint density at radius 1 is 1.08 bits per heavy atom. The number of benzene rings is 1. The Morgan fingerprint density at radius 2 is 1.78 bits per heavy atom. The molecule has 1 saturated carbocycles. The topological polar surface area (TPSA) is 202 Å². The van der Waals surface area contributed by atoms with Crippen molar-refractivity contribution in [3.63, 3.8) is 0 Å². The number of allylic oxidation sites excluding steroid dienone is 2. The smallest absolute Gasteiger partial charge is 0.305 e. The van der Waals surface area contributed by atoms with Crippen LogP contribution in [0.1, 0.15) is 95.2 Å². The average molecular weight is 769 g/mol. The number of unbranched alkanes of at least 4 members (excludes halogenated alkanes) is 1. The van der Waals surface area contributed by atoms with Gasteiger partial charge in [-0.1, -0.05) is 42.5 Å². The molecule has 7 atom stereocenters. The largest absolute Gasteiger partial charge is 0.465 e. The van der Waals surface area contributed by atoms with E-state index in [1.54, 1.807) is 6.92 Å². The number of hydrogen-bond acceptors (Lipinski definition) is 11. The number of sulfonamides is 1. The summed E-state index contributed by atoms with van der Waals surface area (Å²) in [5.41, 5.74) is 1.42. The van der Waals surface area contributed by atoms with Crippen LogP contribution in [-0.2, 0) is 40.6 Å². The Balaban J connectivity index is 1.17. The van der Waals surface area contributed by atoms with E-state index < -0.39 is 55.4 Å². The van der Waals surface area contributed by atoms with Crippen LogP contribution >= 0.6 is 11.3 Å². The number of fused-ring (bicyclic) bond motifs is 1. The van der Waals surface area contributed by atoms with Gasteiger partial charge in [0.05, 0.1) is 36.0 Å². The third-order valence-electron chi connectivity index (χ3n) is 10.1. The van der Waals surface area contributed by atoms with E-state index in [2.05, 4.69) is 0 Å². The molecule has 2 aromatic rings. The number of amides is 1. The molecule has 2 aliphatic rings. The number of primary sulfonamides is 1. The second-order valence-corrected chi connectivity index (χ2v) is 19.1. The highest BCUT2D eigenvalue weighted by Crippen LogP contribution is 2.45.